The molecule has 2 aromatic carbocycles. The number of anilines is 1. The summed E-state index contributed by atoms with van der Waals surface area (Å²) in [7, 11) is 0. The summed E-state index contributed by atoms with van der Waals surface area (Å²) in [6.45, 7) is 2.43. The first-order valence-corrected chi connectivity index (χ1v) is 8.31. The van der Waals surface area contributed by atoms with E-state index in [1.807, 2.05) is 31.3 Å². The van der Waals surface area contributed by atoms with Crippen molar-refractivity contribution in [2.24, 2.45) is 10.7 Å². The van der Waals surface area contributed by atoms with Crippen LogP contribution < -0.4 is 15.8 Å². The number of H-pyrrole nitrogens is 1. The van der Waals surface area contributed by atoms with E-state index in [0.29, 0.717) is 13.0 Å². The molecule has 3 rings (SSSR count). The Morgan fingerprint density at radius 1 is 1.18 bits per heavy atom. The van der Waals surface area contributed by atoms with Crippen LogP contribution in [0.4, 0.5) is 18.9 Å². The number of fused-ring (bicyclic) bond motifs is 1. The third-order valence-corrected chi connectivity index (χ3v) is 4.03. The Morgan fingerprint density at radius 3 is 2.68 bits per heavy atom. The fourth-order valence-corrected chi connectivity index (χ4v) is 2.91. The Kier molecular flexibility index (Phi) is 7.17. The molecular weight excluding hydrogens is 484 g/mol. The van der Waals surface area contributed by atoms with Crippen LogP contribution in [0.3, 0.4) is 0 Å². The fourth-order valence-electron chi connectivity index (χ4n) is 2.91. The van der Waals surface area contributed by atoms with Gasteiger partial charge < -0.3 is 20.8 Å². The van der Waals surface area contributed by atoms with Crippen molar-refractivity contribution in [3.05, 3.63) is 59.8 Å². The highest BCUT2D eigenvalue weighted by molar-refractivity contribution is 14.0. The molecule has 0 amide bonds. The molecule has 0 aliphatic heterocycles. The van der Waals surface area contributed by atoms with E-state index in [0.717, 1.165) is 22.0 Å². The summed E-state index contributed by atoms with van der Waals surface area (Å²) in [5.41, 5.74) is 9.24. The topological polar surface area (TPSA) is 75.4 Å². The number of hydrogen-bond acceptors (Lipinski definition) is 2. The molecular formula is C19H20F3IN4O. The van der Waals surface area contributed by atoms with Gasteiger partial charge in [-0.05, 0) is 42.7 Å². The van der Waals surface area contributed by atoms with Gasteiger partial charge in [-0.1, -0.05) is 24.3 Å². The number of hydrogen-bond donors (Lipinski definition) is 3. The molecule has 0 spiro atoms. The predicted octanol–water partition coefficient (Wildman–Crippen LogP) is 4.96. The number of rotatable bonds is 5. The molecule has 150 valence electrons. The van der Waals surface area contributed by atoms with Crippen LogP contribution >= 0.6 is 24.0 Å². The van der Waals surface area contributed by atoms with Crippen LogP contribution in [-0.4, -0.2) is 23.9 Å². The Labute approximate surface area is 177 Å². The smallest absolute Gasteiger partial charge is 0.404 e. The van der Waals surface area contributed by atoms with Gasteiger partial charge in [0.2, 0.25) is 0 Å². The Hall–Kier alpha value is -2.43. The maximum Gasteiger partial charge on any atom is 0.573 e. The number of ether oxygens (including phenoxy) is 1. The van der Waals surface area contributed by atoms with Crippen LogP contribution in [0.1, 0.15) is 11.1 Å². The van der Waals surface area contributed by atoms with Gasteiger partial charge in [-0.3, -0.25) is 4.99 Å². The summed E-state index contributed by atoms with van der Waals surface area (Å²) in [6, 6.07) is 11.7. The van der Waals surface area contributed by atoms with Crippen molar-refractivity contribution >= 4 is 46.5 Å². The molecule has 9 heteroatoms. The van der Waals surface area contributed by atoms with Crippen molar-refractivity contribution in [3.8, 4) is 5.75 Å². The highest BCUT2D eigenvalue weighted by Gasteiger charge is 2.32. The fraction of sp³-hybridized carbons (Fsp3) is 0.211. The van der Waals surface area contributed by atoms with Gasteiger partial charge in [0, 0.05) is 23.6 Å². The number of aromatic amines is 1. The summed E-state index contributed by atoms with van der Waals surface area (Å²) < 4.78 is 41.4. The lowest BCUT2D eigenvalue weighted by molar-refractivity contribution is -0.274. The van der Waals surface area contributed by atoms with Crippen molar-refractivity contribution in [1.82, 2.24) is 4.98 Å². The average molecular weight is 504 g/mol. The standard InChI is InChI=1S/C19H19F3N4O.HI/c1-12-5-4-7-15-17(12)13(11-25-15)9-10-24-18(23)26-14-6-2-3-8-16(14)27-19(20,21)22;/h2-8,11,25H,9-10H2,1H3,(H3,23,24,26);1H. The number of aromatic nitrogens is 1. The molecule has 0 saturated heterocycles. The molecule has 0 saturated carbocycles. The number of aryl methyl sites for hydroxylation is 1. The summed E-state index contributed by atoms with van der Waals surface area (Å²) >= 11 is 0. The first kappa shape index (κ1) is 21.9. The third-order valence-electron chi connectivity index (χ3n) is 4.03. The zero-order chi connectivity index (χ0) is 19.4. The molecule has 3 aromatic rings. The number of alkyl halides is 3. The second kappa shape index (κ2) is 9.18. The first-order chi connectivity index (χ1) is 12.8. The largest absolute Gasteiger partial charge is 0.573 e. The van der Waals surface area contributed by atoms with E-state index >= 15 is 0 Å². The minimum Gasteiger partial charge on any atom is -0.404 e. The van der Waals surface area contributed by atoms with Crippen molar-refractivity contribution in [2.45, 2.75) is 19.7 Å². The number of guanidine groups is 1. The first-order valence-electron chi connectivity index (χ1n) is 8.31. The maximum absolute atomic E-state index is 12.5. The van der Waals surface area contributed by atoms with E-state index in [9.17, 15) is 13.2 Å². The molecule has 0 unspecified atom stereocenters. The van der Waals surface area contributed by atoms with E-state index in [4.69, 9.17) is 5.73 Å². The molecule has 28 heavy (non-hydrogen) atoms. The Balaban J connectivity index is 0.00000280. The van der Waals surface area contributed by atoms with Crippen molar-refractivity contribution in [2.75, 3.05) is 11.9 Å². The normalized spacial score (nSPS) is 11.9. The van der Waals surface area contributed by atoms with Gasteiger partial charge in [-0.2, -0.15) is 0 Å². The molecule has 1 heterocycles. The van der Waals surface area contributed by atoms with Gasteiger partial charge in [0.15, 0.2) is 11.7 Å². The van der Waals surface area contributed by atoms with Gasteiger partial charge in [0.25, 0.3) is 0 Å². The van der Waals surface area contributed by atoms with Crippen LogP contribution in [0.15, 0.2) is 53.7 Å². The van der Waals surface area contributed by atoms with Gasteiger partial charge in [-0.25, -0.2) is 0 Å². The number of nitrogens with two attached hydrogens (primary N) is 1. The van der Waals surface area contributed by atoms with Crippen LogP contribution in [-0.2, 0) is 6.42 Å². The number of benzene rings is 2. The SMILES string of the molecule is Cc1cccc2[nH]cc(CCN=C(N)Nc3ccccc3OC(F)(F)F)c12.I. The predicted molar refractivity (Wildman–Crippen MR) is 115 cm³/mol. The lowest BCUT2D eigenvalue weighted by Crippen LogP contribution is -2.24. The number of halogens is 4. The molecule has 0 aliphatic rings. The number of aliphatic imine (C=N–C) groups is 1. The summed E-state index contributed by atoms with van der Waals surface area (Å²) in [4.78, 5) is 7.42. The molecule has 0 atom stereocenters. The van der Waals surface area contributed by atoms with Crippen molar-refractivity contribution < 1.29 is 17.9 Å². The lowest BCUT2D eigenvalue weighted by Gasteiger charge is -2.14. The molecule has 5 nitrogen and oxygen atoms in total. The van der Waals surface area contributed by atoms with Gasteiger partial charge in [-0.15, -0.1) is 37.1 Å². The molecule has 0 aliphatic carbocycles. The number of nitrogens with one attached hydrogen (secondary N) is 2. The van der Waals surface area contributed by atoms with Crippen LogP contribution in [0.2, 0.25) is 0 Å². The Morgan fingerprint density at radius 2 is 1.93 bits per heavy atom. The second-order valence-corrected chi connectivity index (χ2v) is 6.00. The Bertz CT molecular complexity index is 969. The van der Waals surface area contributed by atoms with E-state index in [-0.39, 0.29) is 41.4 Å². The van der Waals surface area contributed by atoms with Crippen molar-refractivity contribution in [3.63, 3.8) is 0 Å². The highest BCUT2D eigenvalue weighted by atomic mass is 127. The molecule has 0 bridgehead atoms. The minimum absolute atomic E-state index is 0. The lowest BCUT2D eigenvalue weighted by atomic mass is 10.1. The summed E-state index contributed by atoms with van der Waals surface area (Å²) in [6.07, 6.45) is -2.20. The molecule has 1 aromatic heterocycles. The minimum atomic E-state index is -4.78. The average Bonchev–Trinajstić information content (AvgIpc) is 3.00. The van der Waals surface area contributed by atoms with E-state index in [1.54, 1.807) is 6.07 Å². The zero-order valence-corrected chi connectivity index (χ0v) is 17.3. The van der Waals surface area contributed by atoms with Gasteiger partial charge in [0.1, 0.15) is 0 Å². The van der Waals surface area contributed by atoms with Crippen molar-refractivity contribution in [1.29, 1.82) is 0 Å². The number of nitrogens with zero attached hydrogens (tertiary/aromatic N) is 1. The molecule has 0 radical (unpaired) electrons. The number of para-hydroxylation sites is 2. The maximum atomic E-state index is 12.5. The van der Waals surface area contributed by atoms with Crippen LogP contribution in [0.25, 0.3) is 10.9 Å². The second-order valence-electron chi connectivity index (χ2n) is 6.00. The van der Waals surface area contributed by atoms with Gasteiger partial charge >= 0.3 is 6.36 Å². The summed E-state index contributed by atoms with van der Waals surface area (Å²) in [5, 5.41) is 3.81. The van der Waals surface area contributed by atoms with Crippen LogP contribution in [0.5, 0.6) is 5.75 Å². The quantitative estimate of drug-likeness (QED) is 0.261. The van der Waals surface area contributed by atoms with Gasteiger partial charge in [0.05, 0.1) is 5.69 Å². The van der Waals surface area contributed by atoms with Crippen LogP contribution in [0, 0.1) is 6.92 Å². The van der Waals surface area contributed by atoms with E-state index in [2.05, 4.69) is 20.0 Å². The van der Waals surface area contributed by atoms with E-state index in [1.165, 1.54) is 18.2 Å². The third kappa shape index (κ3) is 5.54. The van der Waals surface area contributed by atoms with E-state index < -0.39 is 6.36 Å². The monoisotopic (exact) mass is 504 g/mol. The molecule has 0 fully saturated rings. The highest BCUT2D eigenvalue weighted by Crippen LogP contribution is 2.29. The zero-order valence-electron chi connectivity index (χ0n) is 15.0. The summed E-state index contributed by atoms with van der Waals surface area (Å²) in [5.74, 6) is -0.347. The molecule has 4 N–H and O–H groups in total.